The molecule has 1 aliphatic heterocycles. The Morgan fingerprint density at radius 1 is 1.04 bits per heavy atom. The van der Waals surface area contributed by atoms with Crippen molar-refractivity contribution >= 4 is 0 Å². The van der Waals surface area contributed by atoms with Crippen LogP contribution < -0.4 is 0 Å². The summed E-state index contributed by atoms with van der Waals surface area (Å²) in [5.74, 6) is 0. The van der Waals surface area contributed by atoms with Gasteiger partial charge in [0, 0.05) is 11.8 Å². The minimum absolute atomic E-state index is 0.0131. The zero-order valence-electron chi connectivity index (χ0n) is 16.8. The fourth-order valence-corrected chi connectivity index (χ4v) is 4.28. The van der Waals surface area contributed by atoms with Crippen LogP contribution in [0.2, 0.25) is 0 Å². The monoisotopic (exact) mass is 406 g/mol. The van der Waals surface area contributed by atoms with E-state index in [0.717, 1.165) is 0 Å². The Hall–Kier alpha value is -0.620. The average Bonchev–Trinajstić information content (AvgIpc) is 2.57. The first-order chi connectivity index (χ1) is 12.8. The van der Waals surface area contributed by atoms with Crippen LogP contribution in [0.3, 0.4) is 0 Å². The molecule has 9 atom stereocenters. The molecule has 9 heteroatoms. The van der Waals surface area contributed by atoms with Crippen LogP contribution in [-0.2, 0) is 9.47 Å². The lowest BCUT2D eigenvalue weighted by molar-refractivity contribution is -0.306. The molecule has 1 aliphatic carbocycles. The van der Waals surface area contributed by atoms with Gasteiger partial charge in [-0.3, -0.25) is 0 Å². The fourth-order valence-electron chi connectivity index (χ4n) is 4.28. The van der Waals surface area contributed by atoms with Crippen LogP contribution in [0.15, 0.2) is 12.2 Å². The molecular weight excluding hydrogens is 372 g/mol. The SMILES string of the molecule is C[C@H](/C=C/[C@]1(O)C(C)(C)C[C@@H](O)C[C@]1(C)O)O[C@H]1O[C@@H](CO)[C@H](O)[C@@H](O)[C@@H]1O. The summed E-state index contributed by atoms with van der Waals surface area (Å²) >= 11 is 0. The van der Waals surface area contributed by atoms with Crippen molar-refractivity contribution < 1.29 is 45.2 Å². The standard InChI is InChI=1S/C19H34O9/c1-10(27-16-15(24)14(23)13(22)12(9-20)28-16)5-6-19(26)17(2,3)7-11(21)8-18(19,4)25/h5-6,10-16,20-26H,7-9H2,1-4H3/b6-5+/t10-,11-,12+,13+,14-,15+,16+,18+,19+/m1/s1. The molecule has 9 nitrogen and oxygen atoms in total. The van der Waals surface area contributed by atoms with Gasteiger partial charge < -0.3 is 45.2 Å². The first kappa shape index (κ1) is 23.7. The molecule has 1 saturated heterocycles. The Balaban J connectivity index is 2.13. The maximum Gasteiger partial charge on any atom is 0.187 e. The molecule has 0 unspecified atom stereocenters. The highest BCUT2D eigenvalue weighted by Gasteiger charge is 2.58. The average molecular weight is 406 g/mol. The van der Waals surface area contributed by atoms with Gasteiger partial charge in [-0.2, -0.15) is 0 Å². The molecule has 0 radical (unpaired) electrons. The number of aliphatic hydroxyl groups is 7. The van der Waals surface area contributed by atoms with Crippen molar-refractivity contribution in [1.82, 2.24) is 0 Å². The van der Waals surface area contributed by atoms with Crippen molar-refractivity contribution in [2.24, 2.45) is 5.41 Å². The van der Waals surface area contributed by atoms with E-state index in [1.807, 2.05) is 0 Å². The summed E-state index contributed by atoms with van der Waals surface area (Å²) in [5.41, 5.74) is -4.05. The first-order valence-electron chi connectivity index (χ1n) is 9.54. The van der Waals surface area contributed by atoms with Crippen molar-refractivity contribution in [2.75, 3.05) is 6.61 Å². The molecule has 2 fully saturated rings. The summed E-state index contributed by atoms with van der Waals surface area (Å²) in [7, 11) is 0. The molecule has 2 rings (SSSR count). The number of rotatable bonds is 5. The van der Waals surface area contributed by atoms with E-state index < -0.39 is 66.1 Å². The molecule has 164 valence electrons. The number of ether oxygens (including phenoxy) is 2. The second-order valence-electron chi connectivity index (χ2n) is 8.88. The van der Waals surface area contributed by atoms with Crippen molar-refractivity contribution in [3.63, 3.8) is 0 Å². The maximum absolute atomic E-state index is 11.2. The quantitative estimate of drug-likeness (QED) is 0.267. The third-order valence-corrected chi connectivity index (χ3v) is 6.04. The van der Waals surface area contributed by atoms with Gasteiger partial charge in [0.25, 0.3) is 0 Å². The summed E-state index contributed by atoms with van der Waals surface area (Å²) in [6.45, 7) is 6.01. The topological polar surface area (TPSA) is 160 Å². The van der Waals surface area contributed by atoms with E-state index in [9.17, 15) is 35.7 Å². The van der Waals surface area contributed by atoms with Gasteiger partial charge in [0.15, 0.2) is 6.29 Å². The summed E-state index contributed by atoms with van der Waals surface area (Å²) in [6.07, 6.45) is -5.14. The van der Waals surface area contributed by atoms with Crippen molar-refractivity contribution in [2.45, 2.75) is 94.7 Å². The smallest absolute Gasteiger partial charge is 0.187 e. The van der Waals surface area contributed by atoms with Gasteiger partial charge in [0.2, 0.25) is 0 Å². The first-order valence-corrected chi connectivity index (χ1v) is 9.54. The lowest BCUT2D eigenvalue weighted by atomic mass is 9.57. The second-order valence-corrected chi connectivity index (χ2v) is 8.88. The normalized spacial score (nSPS) is 48.0. The number of hydrogen-bond acceptors (Lipinski definition) is 9. The number of hydrogen-bond donors (Lipinski definition) is 7. The predicted octanol–water partition coefficient (Wildman–Crippen LogP) is -1.59. The molecule has 0 amide bonds. The van der Waals surface area contributed by atoms with Gasteiger partial charge in [-0.05, 0) is 20.3 Å². The summed E-state index contributed by atoms with van der Waals surface area (Å²) in [4.78, 5) is 0. The third kappa shape index (κ3) is 4.28. The van der Waals surface area contributed by atoms with Crippen LogP contribution in [-0.4, -0.2) is 96.5 Å². The second kappa shape index (κ2) is 8.25. The molecule has 0 bridgehead atoms. The zero-order valence-corrected chi connectivity index (χ0v) is 16.8. The highest BCUT2D eigenvalue weighted by atomic mass is 16.7. The molecule has 7 N–H and O–H groups in total. The molecule has 1 heterocycles. The van der Waals surface area contributed by atoms with E-state index in [1.54, 1.807) is 20.8 Å². The molecule has 0 spiro atoms. The van der Waals surface area contributed by atoms with Crippen LogP contribution in [0.25, 0.3) is 0 Å². The van der Waals surface area contributed by atoms with E-state index in [4.69, 9.17) is 9.47 Å². The van der Waals surface area contributed by atoms with Crippen molar-refractivity contribution in [3.8, 4) is 0 Å². The minimum atomic E-state index is -1.65. The van der Waals surface area contributed by atoms with Gasteiger partial charge in [0.1, 0.15) is 30.0 Å². The minimum Gasteiger partial charge on any atom is -0.394 e. The van der Waals surface area contributed by atoms with Crippen molar-refractivity contribution in [3.05, 3.63) is 12.2 Å². The molecule has 28 heavy (non-hydrogen) atoms. The van der Waals surface area contributed by atoms with Gasteiger partial charge in [-0.15, -0.1) is 0 Å². The third-order valence-electron chi connectivity index (χ3n) is 6.04. The molecule has 1 saturated carbocycles. The molecule has 0 aromatic rings. The molecule has 0 aromatic heterocycles. The van der Waals surface area contributed by atoms with Crippen LogP contribution in [0.5, 0.6) is 0 Å². The summed E-state index contributed by atoms with van der Waals surface area (Å²) in [6, 6.07) is 0. The molecule has 2 aliphatic rings. The highest BCUT2D eigenvalue weighted by Crippen LogP contribution is 2.50. The van der Waals surface area contributed by atoms with Crippen molar-refractivity contribution in [1.29, 1.82) is 0 Å². The van der Waals surface area contributed by atoms with E-state index in [-0.39, 0.29) is 6.42 Å². The van der Waals surface area contributed by atoms with E-state index in [1.165, 1.54) is 19.1 Å². The van der Waals surface area contributed by atoms with Crippen LogP contribution in [0, 0.1) is 5.41 Å². The van der Waals surface area contributed by atoms with Gasteiger partial charge in [-0.25, -0.2) is 0 Å². The Bertz CT molecular complexity index is 542. The largest absolute Gasteiger partial charge is 0.394 e. The van der Waals surface area contributed by atoms with Crippen LogP contribution >= 0.6 is 0 Å². The summed E-state index contributed by atoms with van der Waals surface area (Å²) in [5, 5.41) is 70.9. The number of aliphatic hydroxyl groups excluding tert-OH is 5. The Morgan fingerprint density at radius 2 is 1.64 bits per heavy atom. The summed E-state index contributed by atoms with van der Waals surface area (Å²) < 4.78 is 10.9. The molecular formula is C19H34O9. The Morgan fingerprint density at radius 3 is 2.18 bits per heavy atom. The Kier molecular flexibility index (Phi) is 6.97. The lowest BCUT2D eigenvalue weighted by Gasteiger charge is -2.55. The lowest BCUT2D eigenvalue weighted by Crippen LogP contribution is -2.65. The van der Waals surface area contributed by atoms with Crippen LogP contribution in [0.1, 0.15) is 40.5 Å². The van der Waals surface area contributed by atoms with E-state index in [0.29, 0.717) is 6.42 Å². The van der Waals surface area contributed by atoms with Crippen LogP contribution in [0.4, 0.5) is 0 Å². The van der Waals surface area contributed by atoms with Gasteiger partial charge in [-0.1, -0.05) is 26.0 Å². The van der Waals surface area contributed by atoms with E-state index >= 15 is 0 Å². The zero-order chi connectivity index (χ0) is 21.5. The predicted molar refractivity (Wildman–Crippen MR) is 98.0 cm³/mol. The fraction of sp³-hybridized carbons (Fsp3) is 0.895. The molecule has 0 aromatic carbocycles. The Labute approximate surface area is 164 Å². The van der Waals surface area contributed by atoms with Gasteiger partial charge >= 0.3 is 0 Å². The maximum atomic E-state index is 11.2. The highest BCUT2D eigenvalue weighted by molar-refractivity contribution is 5.21. The van der Waals surface area contributed by atoms with E-state index in [2.05, 4.69) is 0 Å². The van der Waals surface area contributed by atoms with Gasteiger partial charge in [0.05, 0.1) is 24.4 Å².